The number of aryl methyl sites for hydroxylation is 1. The molecule has 4 nitrogen and oxygen atoms in total. The fourth-order valence-electron chi connectivity index (χ4n) is 2.86. The second-order valence-electron chi connectivity index (χ2n) is 5.56. The van der Waals surface area contributed by atoms with Crippen molar-refractivity contribution in [2.45, 2.75) is 52.5 Å². The zero-order valence-corrected chi connectivity index (χ0v) is 13.7. The maximum Gasteiger partial charge on any atom is 0.227 e. The van der Waals surface area contributed by atoms with Gasteiger partial charge in [-0.2, -0.15) is 0 Å². The number of amides is 1. The van der Waals surface area contributed by atoms with Gasteiger partial charge >= 0.3 is 0 Å². The monoisotopic (exact) mass is 310 g/mol. The maximum absolute atomic E-state index is 12.7. The Kier molecular flexibility index (Phi) is 5.59. The molecule has 0 spiro atoms. The van der Waals surface area contributed by atoms with Crippen LogP contribution in [0.4, 0.5) is 5.69 Å². The Labute approximate surface area is 131 Å². The van der Waals surface area contributed by atoms with E-state index in [0.29, 0.717) is 24.8 Å². The summed E-state index contributed by atoms with van der Waals surface area (Å²) in [5.41, 5.74) is 2.81. The van der Waals surface area contributed by atoms with Gasteiger partial charge < -0.3 is 9.64 Å². The zero-order valence-electron chi connectivity index (χ0n) is 13.0. The van der Waals surface area contributed by atoms with Crippen LogP contribution >= 0.6 is 11.6 Å². The molecule has 0 aliphatic carbocycles. The number of nitrogens with zero attached hydrogens (tertiary/aromatic N) is 2. The number of rotatable bonds is 4. The first-order chi connectivity index (χ1) is 10.1. The molecule has 1 aromatic rings. The predicted molar refractivity (Wildman–Crippen MR) is 85.0 cm³/mol. The van der Waals surface area contributed by atoms with Crippen molar-refractivity contribution < 1.29 is 9.53 Å². The molecule has 0 saturated carbocycles. The van der Waals surface area contributed by atoms with Crippen LogP contribution in [0.1, 0.15) is 43.7 Å². The van der Waals surface area contributed by atoms with Crippen LogP contribution in [0.3, 0.4) is 0 Å². The van der Waals surface area contributed by atoms with Gasteiger partial charge in [-0.05, 0) is 38.7 Å². The van der Waals surface area contributed by atoms with E-state index >= 15 is 0 Å². The van der Waals surface area contributed by atoms with Gasteiger partial charge in [0, 0.05) is 37.4 Å². The smallest absolute Gasteiger partial charge is 0.227 e. The van der Waals surface area contributed by atoms with E-state index in [1.54, 1.807) is 6.20 Å². The average molecular weight is 311 g/mol. The fraction of sp³-hybridized carbons (Fsp3) is 0.625. The summed E-state index contributed by atoms with van der Waals surface area (Å²) in [6.07, 6.45) is 4.88. The summed E-state index contributed by atoms with van der Waals surface area (Å²) in [6.45, 7) is 7.36. The Balaban J connectivity index is 2.43. The minimum absolute atomic E-state index is 0.165. The molecule has 21 heavy (non-hydrogen) atoms. The first kappa shape index (κ1) is 16.2. The third kappa shape index (κ3) is 3.55. The van der Waals surface area contributed by atoms with Crippen LogP contribution in [0.2, 0.25) is 5.15 Å². The SMILES string of the molecule is CCCC(=O)N(c1c(C)cnc(Cl)c1C)C1CCOCC1. The quantitative estimate of drug-likeness (QED) is 0.797. The lowest BCUT2D eigenvalue weighted by molar-refractivity contribution is -0.119. The molecule has 1 aliphatic heterocycles. The van der Waals surface area contributed by atoms with Gasteiger partial charge in [0.25, 0.3) is 0 Å². The summed E-state index contributed by atoms with van der Waals surface area (Å²) in [4.78, 5) is 18.8. The highest BCUT2D eigenvalue weighted by molar-refractivity contribution is 6.30. The molecule has 0 aromatic carbocycles. The molecule has 5 heteroatoms. The number of hydrogen-bond acceptors (Lipinski definition) is 3. The van der Waals surface area contributed by atoms with E-state index in [4.69, 9.17) is 16.3 Å². The van der Waals surface area contributed by atoms with E-state index in [1.807, 2.05) is 25.7 Å². The maximum atomic E-state index is 12.7. The van der Waals surface area contributed by atoms with Gasteiger partial charge in [0.15, 0.2) is 0 Å². The highest BCUT2D eigenvalue weighted by Crippen LogP contribution is 2.33. The van der Waals surface area contributed by atoms with Crippen molar-refractivity contribution in [1.29, 1.82) is 0 Å². The molecule has 0 radical (unpaired) electrons. The lowest BCUT2D eigenvalue weighted by Crippen LogP contribution is -2.44. The van der Waals surface area contributed by atoms with Crippen molar-refractivity contribution in [3.63, 3.8) is 0 Å². The molecular weight excluding hydrogens is 288 g/mol. The molecule has 1 fully saturated rings. The van der Waals surface area contributed by atoms with E-state index < -0.39 is 0 Å². The van der Waals surface area contributed by atoms with Gasteiger partial charge in [0.1, 0.15) is 5.15 Å². The first-order valence-electron chi connectivity index (χ1n) is 7.57. The topological polar surface area (TPSA) is 42.4 Å². The number of ether oxygens (including phenoxy) is 1. The molecule has 1 aromatic heterocycles. The molecule has 0 atom stereocenters. The average Bonchev–Trinajstić information content (AvgIpc) is 2.48. The van der Waals surface area contributed by atoms with Gasteiger partial charge in [-0.1, -0.05) is 18.5 Å². The van der Waals surface area contributed by atoms with E-state index in [0.717, 1.165) is 36.1 Å². The molecule has 0 N–H and O–H groups in total. The number of carbonyl (C=O) groups excluding carboxylic acids is 1. The predicted octanol–water partition coefficient (Wildman–Crippen LogP) is 3.66. The molecular formula is C16H23ClN2O2. The molecule has 2 rings (SSSR count). The van der Waals surface area contributed by atoms with Crippen molar-refractivity contribution in [2.75, 3.05) is 18.1 Å². The van der Waals surface area contributed by atoms with Crippen LogP contribution in [-0.4, -0.2) is 30.1 Å². The summed E-state index contributed by atoms with van der Waals surface area (Å²) in [5.74, 6) is 0.165. The number of halogens is 1. The molecule has 2 heterocycles. The normalized spacial score (nSPS) is 16.0. The highest BCUT2D eigenvalue weighted by atomic mass is 35.5. The Morgan fingerprint density at radius 1 is 1.43 bits per heavy atom. The Morgan fingerprint density at radius 3 is 2.71 bits per heavy atom. The molecule has 1 amide bonds. The Bertz CT molecular complexity index is 513. The van der Waals surface area contributed by atoms with E-state index in [2.05, 4.69) is 4.98 Å². The zero-order chi connectivity index (χ0) is 15.4. The minimum Gasteiger partial charge on any atom is -0.381 e. The largest absolute Gasteiger partial charge is 0.381 e. The lowest BCUT2D eigenvalue weighted by atomic mass is 10.0. The van der Waals surface area contributed by atoms with Gasteiger partial charge in [0.05, 0.1) is 5.69 Å². The lowest BCUT2D eigenvalue weighted by Gasteiger charge is -2.36. The number of carbonyl (C=O) groups is 1. The van der Waals surface area contributed by atoms with E-state index in [-0.39, 0.29) is 11.9 Å². The summed E-state index contributed by atoms with van der Waals surface area (Å²) in [6, 6.07) is 0.189. The molecule has 0 unspecified atom stereocenters. The highest BCUT2D eigenvalue weighted by Gasteiger charge is 2.29. The second-order valence-corrected chi connectivity index (χ2v) is 5.92. The molecule has 0 bridgehead atoms. The van der Waals surface area contributed by atoms with Gasteiger partial charge in [0.2, 0.25) is 5.91 Å². The molecule has 1 aliphatic rings. The van der Waals surface area contributed by atoms with Crippen molar-refractivity contribution in [3.05, 3.63) is 22.5 Å². The van der Waals surface area contributed by atoms with Gasteiger partial charge in [-0.15, -0.1) is 0 Å². The van der Waals surface area contributed by atoms with Crippen LogP contribution in [0.25, 0.3) is 0 Å². The second kappa shape index (κ2) is 7.23. The van der Waals surface area contributed by atoms with Crippen molar-refractivity contribution in [3.8, 4) is 0 Å². The number of aromatic nitrogens is 1. The minimum atomic E-state index is 0.165. The van der Waals surface area contributed by atoms with E-state index in [9.17, 15) is 4.79 Å². The third-order valence-electron chi connectivity index (χ3n) is 3.94. The van der Waals surface area contributed by atoms with Crippen LogP contribution in [-0.2, 0) is 9.53 Å². The van der Waals surface area contributed by atoms with Crippen LogP contribution < -0.4 is 4.90 Å². The molecule has 1 saturated heterocycles. The summed E-state index contributed by atoms with van der Waals surface area (Å²) >= 11 is 6.18. The van der Waals surface area contributed by atoms with Crippen molar-refractivity contribution in [2.24, 2.45) is 0 Å². The third-order valence-corrected chi connectivity index (χ3v) is 4.32. The number of hydrogen-bond donors (Lipinski definition) is 0. The summed E-state index contributed by atoms with van der Waals surface area (Å²) in [7, 11) is 0. The van der Waals surface area contributed by atoms with Crippen LogP contribution in [0.15, 0.2) is 6.20 Å². The standard InChI is InChI=1S/C16H23ClN2O2/c1-4-5-14(20)19(13-6-8-21-9-7-13)15-11(2)10-18-16(17)12(15)3/h10,13H,4-9H2,1-3H3. The van der Waals surface area contributed by atoms with Crippen molar-refractivity contribution >= 4 is 23.2 Å². The van der Waals surface area contributed by atoms with Crippen LogP contribution in [0.5, 0.6) is 0 Å². The number of anilines is 1. The summed E-state index contributed by atoms with van der Waals surface area (Å²) < 4.78 is 5.43. The van der Waals surface area contributed by atoms with Crippen LogP contribution in [0, 0.1) is 13.8 Å². The van der Waals surface area contributed by atoms with E-state index in [1.165, 1.54) is 0 Å². The van der Waals surface area contributed by atoms with Gasteiger partial charge in [-0.25, -0.2) is 4.98 Å². The fourth-order valence-corrected chi connectivity index (χ4v) is 3.00. The van der Waals surface area contributed by atoms with Crippen molar-refractivity contribution in [1.82, 2.24) is 4.98 Å². The number of pyridine rings is 1. The van der Waals surface area contributed by atoms with Gasteiger partial charge in [-0.3, -0.25) is 4.79 Å². The first-order valence-corrected chi connectivity index (χ1v) is 7.95. The summed E-state index contributed by atoms with van der Waals surface area (Å²) in [5, 5.41) is 0.469. The Hall–Kier alpha value is -1.13. The Morgan fingerprint density at radius 2 is 2.10 bits per heavy atom. The molecule has 116 valence electrons.